The van der Waals surface area contributed by atoms with Crippen LogP contribution in [-0.4, -0.2) is 55.5 Å². The van der Waals surface area contributed by atoms with Crippen LogP contribution in [0.5, 0.6) is 0 Å². The Morgan fingerprint density at radius 1 is 1.19 bits per heavy atom. The third kappa shape index (κ3) is 5.03. The van der Waals surface area contributed by atoms with Crippen LogP contribution in [0.2, 0.25) is 5.02 Å². The fourth-order valence-electron chi connectivity index (χ4n) is 5.05. The van der Waals surface area contributed by atoms with E-state index in [0.717, 1.165) is 30.8 Å². The molecule has 0 bridgehead atoms. The summed E-state index contributed by atoms with van der Waals surface area (Å²) >= 11 is 6.32. The predicted octanol–water partition coefficient (Wildman–Crippen LogP) is 4.22. The third-order valence-electron chi connectivity index (χ3n) is 7.15. The van der Waals surface area contributed by atoms with E-state index in [1.165, 1.54) is 12.8 Å². The number of H-pyrrole nitrogens is 1. The number of pyridine rings is 1. The Labute approximate surface area is 218 Å². The van der Waals surface area contributed by atoms with Crippen LogP contribution in [0.25, 0.3) is 34.1 Å². The second-order valence-corrected chi connectivity index (χ2v) is 10.4. The van der Waals surface area contributed by atoms with Crippen LogP contribution < -0.4 is 5.76 Å². The van der Waals surface area contributed by atoms with Crippen molar-refractivity contribution in [2.75, 3.05) is 20.8 Å². The number of aromatic nitrogens is 7. The highest BCUT2D eigenvalue weighted by atomic mass is 35.5. The molecule has 4 aromatic heterocycles. The molecule has 4 aromatic rings. The molecule has 1 aliphatic carbocycles. The number of imidazole rings is 1. The normalized spacial score (nSPS) is 19.8. The Bertz CT molecular complexity index is 1460. The minimum absolute atomic E-state index is 0.104. The van der Waals surface area contributed by atoms with Crippen LogP contribution in [0.15, 0.2) is 27.8 Å². The lowest BCUT2D eigenvalue weighted by Gasteiger charge is -2.31. The van der Waals surface area contributed by atoms with E-state index in [4.69, 9.17) is 35.6 Å². The summed E-state index contributed by atoms with van der Waals surface area (Å²) in [5, 5.41) is 4.25. The smallest absolute Gasteiger partial charge is 0.381 e. The second kappa shape index (κ2) is 10.3. The van der Waals surface area contributed by atoms with E-state index in [1.54, 1.807) is 32.7 Å². The topological polar surface area (TPSA) is 134 Å². The molecular formula is C25H30ClN7O4. The molecule has 1 atom stereocenters. The number of hydrogen-bond donors (Lipinski definition) is 1. The minimum atomic E-state index is -0.844. The molecule has 1 unspecified atom stereocenters. The quantitative estimate of drug-likeness (QED) is 0.357. The summed E-state index contributed by atoms with van der Waals surface area (Å²) in [7, 11) is 3.28. The predicted molar refractivity (Wildman–Crippen MR) is 137 cm³/mol. The maximum absolute atomic E-state index is 11.7. The number of rotatable bonds is 8. The number of nitrogens with zero attached hydrogens (tertiary/aromatic N) is 6. The lowest BCUT2D eigenvalue weighted by molar-refractivity contribution is -0.0637. The van der Waals surface area contributed by atoms with E-state index >= 15 is 0 Å². The molecule has 37 heavy (non-hydrogen) atoms. The van der Waals surface area contributed by atoms with Crippen molar-refractivity contribution in [3.05, 3.63) is 39.9 Å². The molecule has 196 valence electrons. The summed E-state index contributed by atoms with van der Waals surface area (Å²) in [6, 6.07) is 1.79. The molecule has 0 radical (unpaired) electrons. The fourth-order valence-corrected chi connectivity index (χ4v) is 5.23. The van der Waals surface area contributed by atoms with Gasteiger partial charge in [0.05, 0.1) is 11.6 Å². The highest BCUT2D eigenvalue weighted by Gasteiger charge is 2.36. The second-order valence-electron chi connectivity index (χ2n) is 9.94. The maximum atomic E-state index is 11.7. The molecule has 5 rings (SSSR count). The molecule has 0 aliphatic heterocycles. The van der Waals surface area contributed by atoms with E-state index in [-0.39, 0.29) is 11.6 Å². The van der Waals surface area contributed by atoms with E-state index in [2.05, 4.69) is 31.6 Å². The first-order valence-electron chi connectivity index (χ1n) is 12.3. The van der Waals surface area contributed by atoms with Crippen molar-refractivity contribution in [3.63, 3.8) is 0 Å². The number of nitrogens with one attached hydrogen (secondary N) is 1. The minimum Gasteiger partial charge on any atom is -0.381 e. The van der Waals surface area contributed by atoms with Crippen LogP contribution in [0.3, 0.4) is 0 Å². The molecule has 0 aromatic carbocycles. The molecular weight excluding hydrogens is 498 g/mol. The van der Waals surface area contributed by atoms with Crippen LogP contribution in [0.1, 0.15) is 45.4 Å². The summed E-state index contributed by atoms with van der Waals surface area (Å²) in [6.45, 7) is 5.27. The van der Waals surface area contributed by atoms with Crippen molar-refractivity contribution < 1.29 is 14.0 Å². The maximum Gasteiger partial charge on any atom is 0.439 e. The molecule has 4 heterocycles. The molecule has 1 N–H and O–H groups in total. The van der Waals surface area contributed by atoms with Gasteiger partial charge < -0.3 is 14.0 Å². The van der Waals surface area contributed by atoms with Crippen molar-refractivity contribution in [1.82, 2.24) is 34.6 Å². The van der Waals surface area contributed by atoms with E-state index in [1.807, 2.05) is 6.92 Å². The van der Waals surface area contributed by atoms with Gasteiger partial charge in [-0.1, -0.05) is 36.5 Å². The van der Waals surface area contributed by atoms with Crippen LogP contribution in [0.4, 0.5) is 0 Å². The van der Waals surface area contributed by atoms with Gasteiger partial charge in [-0.05, 0) is 37.7 Å². The van der Waals surface area contributed by atoms with Gasteiger partial charge in [0.2, 0.25) is 11.6 Å². The van der Waals surface area contributed by atoms with Crippen molar-refractivity contribution in [3.8, 4) is 22.9 Å². The molecule has 1 aliphatic rings. The van der Waals surface area contributed by atoms with E-state index in [9.17, 15) is 4.79 Å². The molecule has 0 saturated heterocycles. The Kier molecular flexibility index (Phi) is 7.11. The van der Waals surface area contributed by atoms with Crippen molar-refractivity contribution >= 4 is 22.8 Å². The first-order valence-corrected chi connectivity index (χ1v) is 12.7. The van der Waals surface area contributed by atoms with E-state index in [0.29, 0.717) is 40.3 Å². The van der Waals surface area contributed by atoms with Gasteiger partial charge in [0.1, 0.15) is 22.6 Å². The zero-order valence-electron chi connectivity index (χ0n) is 21.3. The number of halogens is 1. The summed E-state index contributed by atoms with van der Waals surface area (Å²) < 4.78 is 18.3. The molecule has 12 heteroatoms. The monoisotopic (exact) mass is 527 g/mol. The van der Waals surface area contributed by atoms with Gasteiger partial charge in [0.15, 0.2) is 5.65 Å². The van der Waals surface area contributed by atoms with Crippen LogP contribution in [0, 0.1) is 11.8 Å². The highest BCUT2D eigenvalue weighted by Crippen LogP contribution is 2.37. The molecule has 0 spiro atoms. The summed E-state index contributed by atoms with van der Waals surface area (Å²) in [4.78, 5) is 32.9. The summed E-state index contributed by atoms with van der Waals surface area (Å²) in [5.41, 5.74) is 1.57. The summed E-state index contributed by atoms with van der Waals surface area (Å²) in [5.74, 6) is 1.45. The summed E-state index contributed by atoms with van der Waals surface area (Å²) in [6.07, 6.45) is 7.89. The Morgan fingerprint density at radius 3 is 2.62 bits per heavy atom. The molecule has 0 amide bonds. The van der Waals surface area contributed by atoms with Gasteiger partial charge >= 0.3 is 5.76 Å². The van der Waals surface area contributed by atoms with Gasteiger partial charge in [0, 0.05) is 38.7 Å². The van der Waals surface area contributed by atoms with Gasteiger partial charge in [-0.3, -0.25) is 14.5 Å². The SMILES string of the molecule is COCC(C)(OC)c1nc2nc(-c3noc(=O)[nH]3)nc(-c3cncc(Cl)c3)c2n1C[C@H]1CC[C@H](C)CC1. The first-order chi connectivity index (χ1) is 17.8. The number of ether oxygens (including phenoxy) is 2. The lowest BCUT2D eigenvalue weighted by atomic mass is 9.83. The van der Waals surface area contributed by atoms with Crippen molar-refractivity contribution in [2.45, 2.75) is 51.7 Å². The number of methoxy groups -OCH3 is 2. The van der Waals surface area contributed by atoms with Gasteiger partial charge in [-0.2, -0.15) is 0 Å². The van der Waals surface area contributed by atoms with Gasteiger partial charge in [-0.25, -0.2) is 19.7 Å². The van der Waals surface area contributed by atoms with Crippen LogP contribution >= 0.6 is 11.6 Å². The van der Waals surface area contributed by atoms with E-state index < -0.39 is 11.4 Å². The average Bonchev–Trinajstić information content (AvgIpc) is 3.49. The van der Waals surface area contributed by atoms with Gasteiger partial charge in [0.25, 0.3) is 0 Å². The Hall–Kier alpha value is -3.15. The number of fused-ring (bicyclic) bond motifs is 1. The Balaban J connectivity index is 1.78. The zero-order chi connectivity index (χ0) is 26.2. The first kappa shape index (κ1) is 25.5. The Morgan fingerprint density at radius 2 is 1.97 bits per heavy atom. The molecule has 11 nitrogen and oxygen atoms in total. The number of hydrogen-bond acceptors (Lipinski definition) is 9. The molecule has 1 saturated carbocycles. The van der Waals surface area contributed by atoms with Crippen LogP contribution in [-0.2, 0) is 21.6 Å². The average molecular weight is 528 g/mol. The number of aromatic amines is 1. The largest absolute Gasteiger partial charge is 0.439 e. The standard InChI is InChI=1S/C25H30ClN7O4/c1-14-5-7-15(8-6-14)12-33-19-18(16-9-17(26)11-27-10-16)28-21(22-31-24(34)37-32-22)29-20(19)30-23(33)25(2,36-4)13-35-3/h9-11,14-15H,5-8,12-13H2,1-4H3,(H,31,32,34)/t14-,15-,25?. The van der Waals surface area contributed by atoms with Crippen molar-refractivity contribution in [2.24, 2.45) is 11.8 Å². The van der Waals surface area contributed by atoms with Gasteiger partial charge in [-0.15, -0.1) is 0 Å². The third-order valence-corrected chi connectivity index (χ3v) is 7.36. The van der Waals surface area contributed by atoms with Crippen molar-refractivity contribution in [1.29, 1.82) is 0 Å². The highest BCUT2D eigenvalue weighted by molar-refractivity contribution is 6.30. The molecule has 1 fully saturated rings. The fraction of sp³-hybridized carbons (Fsp3) is 0.520. The lowest BCUT2D eigenvalue weighted by Crippen LogP contribution is -2.34. The zero-order valence-corrected chi connectivity index (χ0v) is 22.1.